The number of ether oxygens (including phenoxy) is 1. The average molecular weight is 549 g/mol. The third-order valence-electron chi connectivity index (χ3n) is 5.61. The Labute approximate surface area is 220 Å². The van der Waals surface area contributed by atoms with Crippen molar-refractivity contribution >= 4 is 33.2 Å². The number of anilines is 1. The Bertz CT molecular complexity index is 1380. The maximum atomic E-state index is 15.0. The molecule has 3 aromatic rings. The second-order valence-corrected chi connectivity index (χ2v) is 10.4. The third kappa shape index (κ3) is 6.67. The molecular formula is C27H27ClF2N2O4S. The van der Waals surface area contributed by atoms with E-state index in [1.165, 1.54) is 35.2 Å². The van der Waals surface area contributed by atoms with Crippen molar-refractivity contribution in [2.45, 2.75) is 24.8 Å². The lowest BCUT2D eigenvalue weighted by Crippen LogP contribution is -2.35. The molecule has 6 nitrogen and oxygen atoms in total. The predicted molar refractivity (Wildman–Crippen MR) is 140 cm³/mol. The SMILES string of the molecule is CC=CC(=O)N(C)CCOc1ccccc1C(C)N(c1cc(F)ccc1F)S(=O)(=O)c1ccc(Cl)cc1. The number of halogens is 3. The number of rotatable bonds is 10. The molecule has 37 heavy (non-hydrogen) atoms. The lowest BCUT2D eigenvalue weighted by Gasteiger charge is -2.32. The molecule has 0 saturated heterocycles. The number of sulfonamides is 1. The summed E-state index contributed by atoms with van der Waals surface area (Å²) in [6.07, 6.45) is 3.07. The first kappa shape index (κ1) is 28.1. The molecule has 1 atom stereocenters. The van der Waals surface area contributed by atoms with Crippen LogP contribution in [0.3, 0.4) is 0 Å². The van der Waals surface area contributed by atoms with Crippen LogP contribution in [0.1, 0.15) is 25.5 Å². The lowest BCUT2D eigenvalue weighted by molar-refractivity contribution is -0.125. The summed E-state index contributed by atoms with van der Waals surface area (Å²) in [5, 5.41) is 0.326. The van der Waals surface area contributed by atoms with Crippen LogP contribution in [0.2, 0.25) is 5.02 Å². The smallest absolute Gasteiger partial charge is 0.264 e. The highest BCUT2D eigenvalue weighted by Gasteiger charge is 2.34. The fourth-order valence-corrected chi connectivity index (χ4v) is 5.44. The summed E-state index contributed by atoms with van der Waals surface area (Å²) in [4.78, 5) is 13.3. The van der Waals surface area contributed by atoms with Crippen molar-refractivity contribution in [1.29, 1.82) is 0 Å². The Morgan fingerprint density at radius 2 is 1.76 bits per heavy atom. The molecule has 0 bridgehead atoms. The van der Waals surface area contributed by atoms with E-state index in [9.17, 15) is 22.0 Å². The van der Waals surface area contributed by atoms with Crippen molar-refractivity contribution in [1.82, 2.24) is 4.90 Å². The number of hydrogen-bond acceptors (Lipinski definition) is 4. The van der Waals surface area contributed by atoms with Gasteiger partial charge in [0.1, 0.15) is 24.0 Å². The Balaban J connectivity index is 2.02. The maximum absolute atomic E-state index is 15.0. The van der Waals surface area contributed by atoms with Gasteiger partial charge in [-0.1, -0.05) is 35.9 Å². The Hall–Kier alpha value is -3.43. The molecule has 3 aromatic carbocycles. The molecule has 0 aliphatic rings. The van der Waals surface area contributed by atoms with Gasteiger partial charge in [0, 0.05) is 23.7 Å². The molecule has 10 heteroatoms. The average Bonchev–Trinajstić information content (AvgIpc) is 2.86. The highest BCUT2D eigenvalue weighted by atomic mass is 35.5. The molecule has 0 aliphatic carbocycles. The van der Waals surface area contributed by atoms with Crippen LogP contribution in [-0.2, 0) is 14.8 Å². The number of nitrogens with zero attached hydrogens (tertiary/aromatic N) is 2. The van der Waals surface area contributed by atoms with Gasteiger partial charge in [-0.2, -0.15) is 0 Å². The monoisotopic (exact) mass is 548 g/mol. The van der Waals surface area contributed by atoms with Crippen molar-refractivity contribution in [3.63, 3.8) is 0 Å². The molecule has 0 aromatic heterocycles. The molecule has 0 fully saturated rings. The Morgan fingerprint density at radius 3 is 2.43 bits per heavy atom. The number of allylic oxidation sites excluding steroid dienone is 1. The number of likely N-dealkylation sites (N-methyl/N-ethyl adjacent to an activating group) is 1. The normalized spacial score (nSPS) is 12.4. The zero-order valence-corrected chi connectivity index (χ0v) is 22.1. The number of hydrogen-bond donors (Lipinski definition) is 0. The fraction of sp³-hybridized carbons (Fsp3) is 0.222. The van der Waals surface area contributed by atoms with Crippen molar-refractivity contribution in [3.8, 4) is 5.75 Å². The van der Waals surface area contributed by atoms with Gasteiger partial charge in [0.05, 0.1) is 23.2 Å². The summed E-state index contributed by atoms with van der Waals surface area (Å²) in [6, 6.07) is 13.7. The molecule has 196 valence electrons. The summed E-state index contributed by atoms with van der Waals surface area (Å²) in [5.74, 6) is -1.55. The van der Waals surface area contributed by atoms with E-state index in [1.807, 2.05) is 0 Å². The molecule has 1 amide bonds. The zero-order chi connectivity index (χ0) is 27.2. The molecular weight excluding hydrogens is 522 g/mol. The van der Waals surface area contributed by atoms with Gasteiger partial charge in [-0.3, -0.25) is 9.10 Å². The number of carbonyl (C=O) groups excluding carboxylic acids is 1. The molecule has 0 heterocycles. The first-order chi connectivity index (χ1) is 17.6. The maximum Gasteiger partial charge on any atom is 0.264 e. The van der Waals surface area contributed by atoms with Gasteiger partial charge >= 0.3 is 0 Å². The second kappa shape index (κ2) is 12.2. The second-order valence-electron chi connectivity index (χ2n) is 8.17. The van der Waals surface area contributed by atoms with Gasteiger partial charge in [0.15, 0.2) is 0 Å². The minimum absolute atomic E-state index is 0.127. The summed E-state index contributed by atoms with van der Waals surface area (Å²) < 4.78 is 63.4. The standard InChI is InChI=1S/C27H27ClF2N2O4S/c1-4-7-27(33)31(3)16-17-36-26-9-6-5-8-23(26)19(2)32(25-18-21(29)12-15-24(25)30)37(34,35)22-13-10-20(28)11-14-22/h4-15,18-19H,16-17H2,1-3H3. The van der Waals surface area contributed by atoms with Crippen LogP contribution in [0.4, 0.5) is 14.5 Å². The van der Waals surface area contributed by atoms with Gasteiger partial charge < -0.3 is 9.64 Å². The Morgan fingerprint density at radius 1 is 1.08 bits per heavy atom. The van der Waals surface area contributed by atoms with E-state index in [2.05, 4.69) is 0 Å². The van der Waals surface area contributed by atoms with Crippen molar-refractivity contribution < 1.29 is 26.7 Å². The molecule has 0 radical (unpaired) electrons. The van der Waals surface area contributed by atoms with E-state index >= 15 is 0 Å². The fourth-order valence-electron chi connectivity index (χ4n) is 3.68. The van der Waals surface area contributed by atoms with E-state index < -0.39 is 33.4 Å². The molecule has 3 rings (SSSR count). The summed E-state index contributed by atoms with van der Waals surface area (Å²) in [5.41, 5.74) is -0.0277. The van der Waals surface area contributed by atoms with E-state index in [0.717, 1.165) is 22.5 Å². The minimum Gasteiger partial charge on any atom is -0.491 e. The van der Waals surface area contributed by atoms with Crippen molar-refractivity contribution in [2.24, 2.45) is 0 Å². The van der Waals surface area contributed by atoms with E-state index in [4.69, 9.17) is 16.3 Å². The zero-order valence-electron chi connectivity index (χ0n) is 20.6. The number of para-hydroxylation sites is 1. The quantitative estimate of drug-likeness (QED) is 0.292. The number of amides is 1. The van der Waals surface area contributed by atoms with E-state index in [-0.39, 0.29) is 24.0 Å². The molecule has 0 saturated carbocycles. The van der Waals surface area contributed by atoms with E-state index in [1.54, 1.807) is 51.2 Å². The lowest BCUT2D eigenvalue weighted by atomic mass is 10.1. The van der Waals surface area contributed by atoms with Crippen LogP contribution in [0.25, 0.3) is 0 Å². The van der Waals surface area contributed by atoms with Crippen LogP contribution < -0.4 is 9.04 Å². The van der Waals surface area contributed by atoms with Crippen LogP contribution in [-0.4, -0.2) is 39.4 Å². The minimum atomic E-state index is -4.37. The van der Waals surface area contributed by atoms with Crippen LogP contribution in [0.5, 0.6) is 5.75 Å². The highest BCUT2D eigenvalue weighted by Crippen LogP contribution is 2.38. The molecule has 1 unspecified atom stereocenters. The third-order valence-corrected chi connectivity index (χ3v) is 7.76. The van der Waals surface area contributed by atoms with Gasteiger partial charge in [0.2, 0.25) is 5.91 Å². The van der Waals surface area contributed by atoms with Crippen molar-refractivity contribution in [2.75, 3.05) is 24.5 Å². The summed E-state index contributed by atoms with van der Waals surface area (Å²) >= 11 is 5.93. The predicted octanol–water partition coefficient (Wildman–Crippen LogP) is 5.99. The van der Waals surface area contributed by atoms with Gasteiger partial charge in [-0.05, 0) is 62.4 Å². The first-order valence-corrected chi connectivity index (χ1v) is 13.2. The van der Waals surface area contributed by atoms with Gasteiger partial charge in [0.25, 0.3) is 10.0 Å². The van der Waals surface area contributed by atoms with Crippen LogP contribution in [0, 0.1) is 11.6 Å². The van der Waals surface area contributed by atoms with Crippen LogP contribution in [0.15, 0.2) is 83.8 Å². The number of benzene rings is 3. The summed E-state index contributed by atoms with van der Waals surface area (Å²) in [6.45, 7) is 3.70. The largest absolute Gasteiger partial charge is 0.491 e. The number of carbonyl (C=O) groups is 1. The molecule has 0 N–H and O–H groups in total. The van der Waals surface area contributed by atoms with Gasteiger partial charge in [-0.15, -0.1) is 0 Å². The van der Waals surface area contributed by atoms with Crippen LogP contribution >= 0.6 is 11.6 Å². The van der Waals surface area contributed by atoms with Crippen molar-refractivity contribution in [3.05, 3.63) is 101 Å². The highest BCUT2D eigenvalue weighted by molar-refractivity contribution is 7.92. The molecule has 0 spiro atoms. The van der Waals surface area contributed by atoms with Gasteiger partial charge in [-0.25, -0.2) is 17.2 Å². The first-order valence-electron chi connectivity index (χ1n) is 11.4. The topological polar surface area (TPSA) is 66.9 Å². The Kier molecular flexibility index (Phi) is 9.29. The molecule has 0 aliphatic heterocycles. The van der Waals surface area contributed by atoms with E-state index in [0.29, 0.717) is 16.3 Å². The summed E-state index contributed by atoms with van der Waals surface area (Å²) in [7, 11) is -2.74.